The van der Waals surface area contributed by atoms with Gasteiger partial charge in [-0.2, -0.15) is 11.8 Å². The third-order valence-corrected chi connectivity index (χ3v) is 4.88. The van der Waals surface area contributed by atoms with Crippen LogP contribution < -0.4 is 10.1 Å². The number of hydrogen-bond acceptors (Lipinski definition) is 5. The molecule has 0 spiro atoms. The molecule has 20 heavy (non-hydrogen) atoms. The number of nitrogens with zero attached hydrogens (tertiary/aromatic N) is 1. The van der Waals surface area contributed by atoms with Gasteiger partial charge in [-0.1, -0.05) is 13.8 Å². The molecular weight excluding hydrogens is 272 g/mol. The minimum atomic E-state index is 0.414. The van der Waals surface area contributed by atoms with E-state index in [-0.39, 0.29) is 0 Å². The third-order valence-electron chi connectivity index (χ3n) is 3.26. The number of rotatable bonds is 6. The molecule has 0 amide bonds. The number of thioether (sulfide) groups is 1. The molecular formula is C15H24N2O2S. The molecule has 1 unspecified atom stereocenters. The van der Waals surface area contributed by atoms with Gasteiger partial charge in [0.1, 0.15) is 6.61 Å². The second-order valence-electron chi connectivity index (χ2n) is 5.95. The number of nitrogens with one attached hydrogen (secondary N) is 1. The van der Waals surface area contributed by atoms with Crippen LogP contribution in [0.15, 0.2) is 18.3 Å². The Balaban J connectivity index is 1.84. The maximum Gasteiger partial charge on any atom is 0.213 e. The summed E-state index contributed by atoms with van der Waals surface area (Å²) >= 11 is 2.02. The van der Waals surface area contributed by atoms with Crippen molar-refractivity contribution in [1.29, 1.82) is 0 Å². The zero-order valence-electron chi connectivity index (χ0n) is 12.5. The molecule has 1 saturated heterocycles. The normalized spacial score (nSPS) is 21.4. The summed E-state index contributed by atoms with van der Waals surface area (Å²) < 4.78 is 10.4. The molecule has 1 aromatic rings. The zero-order chi connectivity index (χ0) is 14.4. The molecule has 1 N–H and O–H groups in total. The molecule has 0 radical (unpaired) electrons. The van der Waals surface area contributed by atoms with E-state index in [0.29, 0.717) is 30.6 Å². The molecule has 1 fully saturated rings. The Morgan fingerprint density at radius 3 is 2.90 bits per heavy atom. The van der Waals surface area contributed by atoms with E-state index in [4.69, 9.17) is 9.47 Å². The molecule has 2 rings (SSSR count). The van der Waals surface area contributed by atoms with E-state index in [1.807, 2.05) is 30.1 Å². The first-order chi connectivity index (χ1) is 9.59. The van der Waals surface area contributed by atoms with Gasteiger partial charge in [0.15, 0.2) is 0 Å². The highest BCUT2D eigenvalue weighted by Gasteiger charge is 2.28. The molecule has 0 bridgehead atoms. The van der Waals surface area contributed by atoms with Crippen LogP contribution in [0.1, 0.15) is 20.3 Å². The molecule has 5 heteroatoms. The van der Waals surface area contributed by atoms with Crippen LogP contribution >= 0.6 is 11.8 Å². The van der Waals surface area contributed by atoms with Crippen molar-refractivity contribution in [1.82, 2.24) is 4.98 Å². The van der Waals surface area contributed by atoms with E-state index in [0.717, 1.165) is 11.4 Å². The summed E-state index contributed by atoms with van der Waals surface area (Å²) in [7, 11) is 1.66. The summed E-state index contributed by atoms with van der Waals surface area (Å²) in [6.45, 7) is 5.78. The Morgan fingerprint density at radius 2 is 2.25 bits per heavy atom. The number of aromatic nitrogens is 1. The molecule has 4 nitrogen and oxygen atoms in total. The fourth-order valence-corrected chi connectivity index (χ4v) is 3.65. The van der Waals surface area contributed by atoms with Gasteiger partial charge >= 0.3 is 0 Å². The molecule has 1 aliphatic rings. The van der Waals surface area contributed by atoms with Crippen LogP contribution in [0, 0.1) is 5.41 Å². The monoisotopic (exact) mass is 296 g/mol. The molecule has 0 saturated carbocycles. The van der Waals surface area contributed by atoms with Crippen LogP contribution in [0.25, 0.3) is 0 Å². The van der Waals surface area contributed by atoms with Gasteiger partial charge in [-0.25, -0.2) is 4.98 Å². The summed E-state index contributed by atoms with van der Waals surface area (Å²) in [6.07, 6.45) is 3.04. The Hall–Kier alpha value is -0.940. The van der Waals surface area contributed by atoms with Crippen LogP contribution in [0.4, 0.5) is 5.69 Å². The number of ether oxygens (including phenoxy) is 2. The maximum atomic E-state index is 5.46. The van der Waals surface area contributed by atoms with E-state index in [9.17, 15) is 0 Å². The molecule has 2 heterocycles. The number of anilines is 1. The van der Waals surface area contributed by atoms with Crippen molar-refractivity contribution in [2.75, 3.05) is 37.1 Å². The Morgan fingerprint density at radius 1 is 1.40 bits per heavy atom. The average molecular weight is 296 g/mol. The van der Waals surface area contributed by atoms with Crippen molar-refractivity contribution in [3.63, 3.8) is 0 Å². The van der Waals surface area contributed by atoms with Gasteiger partial charge in [0.2, 0.25) is 5.88 Å². The van der Waals surface area contributed by atoms with Crippen molar-refractivity contribution in [3.05, 3.63) is 18.3 Å². The summed E-state index contributed by atoms with van der Waals surface area (Å²) in [4.78, 5) is 4.31. The molecule has 0 aromatic carbocycles. The van der Waals surface area contributed by atoms with E-state index >= 15 is 0 Å². The van der Waals surface area contributed by atoms with Gasteiger partial charge in [0.05, 0.1) is 18.5 Å². The topological polar surface area (TPSA) is 43.4 Å². The standard InChI is InChI=1S/C15H24N2O2S/c1-15(2)8-13(10-20-11-15)17-12-4-5-14(16-9-12)19-7-6-18-3/h4-5,9,13,17H,6-8,10-11H2,1-3H3. The lowest BCUT2D eigenvalue weighted by Gasteiger charge is -2.35. The predicted octanol–water partition coefficient (Wildman–Crippen LogP) is 3.05. The molecule has 1 atom stereocenters. The van der Waals surface area contributed by atoms with Crippen LogP contribution in [0.2, 0.25) is 0 Å². The third kappa shape index (κ3) is 4.87. The Bertz CT molecular complexity index is 409. The first kappa shape index (κ1) is 15.4. The van der Waals surface area contributed by atoms with E-state index in [1.54, 1.807) is 7.11 Å². The van der Waals surface area contributed by atoms with Crippen molar-refractivity contribution in [2.45, 2.75) is 26.3 Å². The SMILES string of the molecule is COCCOc1ccc(NC2CSCC(C)(C)C2)cn1. The Kier molecular flexibility index (Phi) is 5.54. The van der Waals surface area contributed by atoms with Crippen molar-refractivity contribution < 1.29 is 9.47 Å². The number of methoxy groups -OCH3 is 1. The maximum absolute atomic E-state index is 5.46. The molecule has 1 aliphatic heterocycles. The number of pyridine rings is 1. The highest BCUT2D eigenvalue weighted by Crippen LogP contribution is 2.34. The van der Waals surface area contributed by atoms with E-state index in [2.05, 4.69) is 24.1 Å². The first-order valence-electron chi connectivity index (χ1n) is 7.01. The minimum absolute atomic E-state index is 0.414. The average Bonchev–Trinajstić information content (AvgIpc) is 2.40. The Labute approximate surface area is 125 Å². The van der Waals surface area contributed by atoms with Gasteiger partial charge < -0.3 is 14.8 Å². The van der Waals surface area contributed by atoms with Gasteiger partial charge in [-0.15, -0.1) is 0 Å². The summed E-state index contributed by atoms with van der Waals surface area (Å²) in [5, 5.41) is 3.57. The highest BCUT2D eigenvalue weighted by atomic mass is 32.2. The van der Waals surface area contributed by atoms with Gasteiger partial charge in [-0.3, -0.25) is 0 Å². The molecule has 112 valence electrons. The van der Waals surface area contributed by atoms with Crippen molar-refractivity contribution in [2.24, 2.45) is 5.41 Å². The zero-order valence-corrected chi connectivity index (χ0v) is 13.3. The fourth-order valence-electron chi connectivity index (χ4n) is 2.37. The van der Waals surface area contributed by atoms with Gasteiger partial charge in [0, 0.05) is 25.0 Å². The quantitative estimate of drug-likeness (QED) is 0.817. The first-order valence-corrected chi connectivity index (χ1v) is 8.17. The predicted molar refractivity (Wildman–Crippen MR) is 84.7 cm³/mol. The van der Waals surface area contributed by atoms with Gasteiger partial charge in [-0.05, 0) is 23.7 Å². The largest absolute Gasteiger partial charge is 0.475 e. The smallest absolute Gasteiger partial charge is 0.213 e. The van der Waals surface area contributed by atoms with Gasteiger partial charge in [0.25, 0.3) is 0 Å². The lowest BCUT2D eigenvalue weighted by atomic mass is 9.88. The minimum Gasteiger partial charge on any atom is -0.475 e. The van der Waals surface area contributed by atoms with E-state index < -0.39 is 0 Å². The molecule has 1 aromatic heterocycles. The second-order valence-corrected chi connectivity index (χ2v) is 6.98. The van der Waals surface area contributed by atoms with E-state index in [1.165, 1.54) is 12.2 Å². The lowest BCUT2D eigenvalue weighted by Crippen LogP contribution is -2.35. The van der Waals surface area contributed by atoms with Crippen molar-refractivity contribution >= 4 is 17.4 Å². The summed E-state index contributed by atoms with van der Waals surface area (Å²) in [6, 6.07) is 4.45. The van der Waals surface area contributed by atoms with Crippen LogP contribution in [0.3, 0.4) is 0 Å². The lowest BCUT2D eigenvalue weighted by molar-refractivity contribution is 0.144. The summed E-state index contributed by atoms with van der Waals surface area (Å²) in [5.74, 6) is 3.05. The second kappa shape index (κ2) is 7.18. The van der Waals surface area contributed by atoms with Crippen molar-refractivity contribution in [3.8, 4) is 5.88 Å². The van der Waals surface area contributed by atoms with Crippen LogP contribution in [0.5, 0.6) is 5.88 Å². The fraction of sp³-hybridized carbons (Fsp3) is 0.667. The summed E-state index contributed by atoms with van der Waals surface area (Å²) in [5.41, 5.74) is 1.48. The van der Waals surface area contributed by atoms with Crippen LogP contribution in [-0.2, 0) is 4.74 Å². The van der Waals surface area contributed by atoms with Crippen LogP contribution in [-0.4, -0.2) is 42.9 Å². The highest BCUT2D eigenvalue weighted by molar-refractivity contribution is 7.99. The number of hydrogen-bond donors (Lipinski definition) is 1. The molecule has 0 aliphatic carbocycles.